The fourth-order valence-corrected chi connectivity index (χ4v) is 6.93. The lowest BCUT2D eigenvalue weighted by Gasteiger charge is -2.48. The van der Waals surface area contributed by atoms with Crippen LogP contribution >= 0.6 is 0 Å². The Morgan fingerprint density at radius 3 is 2.50 bits per heavy atom. The van der Waals surface area contributed by atoms with Gasteiger partial charge < -0.3 is 41.0 Å². The van der Waals surface area contributed by atoms with E-state index in [0.29, 0.717) is 28.4 Å². The summed E-state index contributed by atoms with van der Waals surface area (Å²) in [5.41, 5.74) is 4.02. The van der Waals surface area contributed by atoms with Gasteiger partial charge in [-0.05, 0) is 42.5 Å². The van der Waals surface area contributed by atoms with Crippen molar-refractivity contribution in [1.29, 1.82) is 0 Å². The third-order valence-electron chi connectivity index (χ3n) is 9.01. The van der Waals surface area contributed by atoms with E-state index in [4.69, 9.17) is 15.2 Å². The lowest BCUT2D eigenvalue weighted by molar-refractivity contribution is -0.175. The number of ketones is 4. The molecule has 3 amide bonds. The Kier molecular flexibility index (Phi) is 6.83. The Labute approximate surface area is 250 Å². The maximum absolute atomic E-state index is 14.0. The van der Waals surface area contributed by atoms with Gasteiger partial charge in [-0.15, -0.1) is 0 Å². The van der Waals surface area contributed by atoms with E-state index < -0.39 is 76.5 Å². The van der Waals surface area contributed by atoms with Gasteiger partial charge in [0.2, 0.25) is 12.7 Å². The molecule has 2 unspecified atom stereocenters. The Bertz CT molecular complexity index is 1670. The molecular weight excluding hydrogens is 576 g/mol. The SMILES string of the molecule is CN(C)c1cc(CNC(=O)Nc2ccc3c(c2)OCO3)c(O)c2c1C[C@H]1C[C@H]3CC(=O)C(C(N)=O)C(=O)[C@@]3(O)C(=O)C1C2=O. The quantitative estimate of drug-likeness (QED) is 0.294. The highest BCUT2D eigenvalue weighted by Gasteiger charge is 2.66. The number of benzene rings is 2. The van der Waals surface area contributed by atoms with Crippen LogP contribution in [0.5, 0.6) is 17.2 Å². The number of carbonyl (C=O) groups excluding carboxylic acids is 6. The average Bonchev–Trinajstić information content (AvgIpc) is 3.42. The van der Waals surface area contributed by atoms with Crippen molar-refractivity contribution < 1.29 is 48.5 Å². The zero-order chi connectivity index (χ0) is 31.7. The molecule has 2 aromatic carbocycles. The second kappa shape index (κ2) is 10.3. The Morgan fingerprint density at radius 2 is 1.80 bits per heavy atom. The van der Waals surface area contributed by atoms with E-state index in [2.05, 4.69) is 10.6 Å². The molecule has 0 spiro atoms. The number of rotatable bonds is 5. The van der Waals surface area contributed by atoms with Gasteiger partial charge in [0.15, 0.2) is 46.2 Å². The van der Waals surface area contributed by atoms with E-state index in [-0.39, 0.29) is 37.3 Å². The molecule has 2 aromatic rings. The van der Waals surface area contributed by atoms with Crippen molar-refractivity contribution in [3.05, 3.63) is 41.0 Å². The van der Waals surface area contributed by atoms with Crippen LogP contribution in [0.4, 0.5) is 16.2 Å². The number of aromatic hydroxyl groups is 1. The van der Waals surface area contributed by atoms with Gasteiger partial charge in [0.1, 0.15) is 5.75 Å². The van der Waals surface area contributed by atoms with Crippen LogP contribution in [0.15, 0.2) is 24.3 Å². The summed E-state index contributed by atoms with van der Waals surface area (Å²) in [5, 5.41) is 28.0. The normalized spacial score (nSPS) is 26.8. The molecule has 14 heteroatoms. The number of ether oxygens (including phenoxy) is 2. The predicted octanol–water partition coefficient (Wildman–Crippen LogP) is 0.443. The van der Waals surface area contributed by atoms with Crippen LogP contribution in [0.25, 0.3) is 0 Å². The van der Waals surface area contributed by atoms with Gasteiger partial charge in [-0.3, -0.25) is 24.0 Å². The fraction of sp³-hybridized carbons (Fsp3) is 0.400. The number of phenolic OH excluding ortho intramolecular Hbond substituents is 1. The van der Waals surface area contributed by atoms with Crippen LogP contribution in [-0.2, 0) is 32.1 Å². The molecule has 0 saturated heterocycles. The van der Waals surface area contributed by atoms with E-state index in [9.17, 15) is 39.0 Å². The molecular formula is C30H30N4O10. The third-order valence-corrected chi connectivity index (χ3v) is 9.01. The highest BCUT2D eigenvalue weighted by molar-refractivity contribution is 6.31. The van der Waals surface area contributed by atoms with E-state index >= 15 is 0 Å². The Balaban J connectivity index is 1.29. The second-order valence-electron chi connectivity index (χ2n) is 11.8. The van der Waals surface area contributed by atoms with Crippen molar-refractivity contribution in [2.45, 2.75) is 31.4 Å². The zero-order valence-electron chi connectivity index (χ0n) is 23.8. The van der Waals surface area contributed by atoms with Crippen molar-refractivity contribution in [2.24, 2.45) is 29.4 Å². The maximum Gasteiger partial charge on any atom is 0.319 e. The van der Waals surface area contributed by atoms with Gasteiger partial charge in [-0.1, -0.05) is 0 Å². The molecule has 2 saturated carbocycles. The summed E-state index contributed by atoms with van der Waals surface area (Å²) in [6.07, 6.45) is -0.264. The maximum atomic E-state index is 14.0. The van der Waals surface area contributed by atoms with Gasteiger partial charge in [0.05, 0.1) is 11.5 Å². The molecule has 6 rings (SSSR count). The molecule has 0 bridgehead atoms. The summed E-state index contributed by atoms with van der Waals surface area (Å²) in [7, 11) is 3.47. The number of fused-ring (bicyclic) bond motifs is 4. The molecule has 2 fully saturated rings. The minimum atomic E-state index is -2.73. The molecule has 6 N–H and O–H groups in total. The van der Waals surface area contributed by atoms with Crippen LogP contribution in [0, 0.1) is 23.7 Å². The lowest BCUT2D eigenvalue weighted by Crippen LogP contribution is -2.68. The largest absolute Gasteiger partial charge is 0.507 e. The molecule has 14 nitrogen and oxygen atoms in total. The van der Waals surface area contributed by atoms with Crippen molar-refractivity contribution in [1.82, 2.24) is 5.32 Å². The average molecular weight is 607 g/mol. The van der Waals surface area contributed by atoms with Crippen molar-refractivity contribution >= 4 is 46.4 Å². The van der Waals surface area contributed by atoms with Crippen LogP contribution < -0.4 is 30.7 Å². The smallest absolute Gasteiger partial charge is 0.319 e. The topological polar surface area (TPSA) is 215 Å². The summed E-state index contributed by atoms with van der Waals surface area (Å²) in [6, 6.07) is 5.89. The number of hydrogen-bond acceptors (Lipinski definition) is 11. The summed E-state index contributed by atoms with van der Waals surface area (Å²) in [4.78, 5) is 79.7. The van der Waals surface area contributed by atoms with Gasteiger partial charge >= 0.3 is 6.03 Å². The van der Waals surface area contributed by atoms with Crippen molar-refractivity contribution in [2.75, 3.05) is 31.1 Å². The van der Waals surface area contributed by atoms with Crippen LogP contribution in [-0.4, -0.2) is 71.8 Å². The van der Waals surface area contributed by atoms with Gasteiger partial charge in [-0.2, -0.15) is 0 Å². The molecule has 3 aliphatic carbocycles. The van der Waals surface area contributed by atoms with E-state index in [1.54, 1.807) is 43.3 Å². The number of primary amides is 1. The molecule has 1 heterocycles. The van der Waals surface area contributed by atoms with E-state index in [0.717, 1.165) is 0 Å². The number of aliphatic hydroxyl groups is 1. The van der Waals surface area contributed by atoms with Crippen LogP contribution in [0.3, 0.4) is 0 Å². The number of carbonyl (C=O) groups is 6. The molecule has 230 valence electrons. The van der Waals surface area contributed by atoms with Crippen LogP contribution in [0.1, 0.15) is 34.3 Å². The van der Waals surface area contributed by atoms with Gasteiger partial charge in [0.25, 0.3) is 0 Å². The third kappa shape index (κ3) is 4.35. The van der Waals surface area contributed by atoms with Gasteiger partial charge in [-0.25, -0.2) is 4.79 Å². The molecule has 0 aromatic heterocycles. The number of urea groups is 1. The number of nitrogens with two attached hydrogens (primary N) is 1. The summed E-state index contributed by atoms with van der Waals surface area (Å²) in [6.45, 7) is -0.120. The van der Waals surface area contributed by atoms with E-state index in [1.165, 1.54) is 0 Å². The fourth-order valence-electron chi connectivity index (χ4n) is 6.93. The van der Waals surface area contributed by atoms with Crippen molar-refractivity contribution in [3.63, 3.8) is 0 Å². The zero-order valence-corrected chi connectivity index (χ0v) is 23.8. The lowest BCUT2D eigenvalue weighted by atomic mass is 9.53. The first-order valence-corrected chi connectivity index (χ1v) is 14.0. The highest BCUT2D eigenvalue weighted by atomic mass is 16.7. The minimum absolute atomic E-state index is 0.00197. The summed E-state index contributed by atoms with van der Waals surface area (Å²) in [5.74, 6) is -9.89. The van der Waals surface area contributed by atoms with Gasteiger partial charge in [0, 0.05) is 56.0 Å². The first kappa shape index (κ1) is 29.1. The van der Waals surface area contributed by atoms with E-state index in [1.807, 2.05) is 0 Å². The standard InChI is InChI=1S/C30H30N4O10/c1-34(2)17-7-13(10-32-29(41)33-15-3-4-19-20(9-15)44-11-43-19)24(36)22-16(17)6-12-5-14-8-18(35)23(28(31)40)27(39)30(14,42)26(38)21(12)25(22)37/h3-4,7,9,12,14,21,23,36,42H,5-6,8,10-11H2,1-2H3,(H2,31,40)(H2,32,33,41)/t12-,14+,21?,23?,30+/m1/s1. The monoisotopic (exact) mass is 606 g/mol. The highest BCUT2D eigenvalue weighted by Crippen LogP contribution is 2.51. The van der Waals surface area contributed by atoms with Crippen molar-refractivity contribution in [3.8, 4) is 17.2 Å². The van der Waals surface area contributed by atoms with Crippen LogP contribution in [0.2, 0.25) is 0 Å². The first-order valence-electron chi connectivity index (χ1n) is 14.0. The molecule has 1 aliphatic heterocycles. The predicted molar refractivity (Wildman–Crippen MR) is 151 cm³/mol. The first-order chi connectivity index (χ1) is 20.8. The molecule has 0 radical (unpaired) electrons. The Hall–Kier alpha value is -4.98. The molecule has 5 atom stereocenters. The molecule has 44 heavy (non-hydrogen) atoms. The number of nitrogens with zero attached hydrogens (tertiary/aromatic N) is 1. The summed E-state index contributed by atoms with van der Waals surface area (Å²) < 4.78 is 10.6. The number of nitrogens with one attached hydrogen (secondary N) is 2. The Morgan fingerprint density at radius 1 is 1.07 bits per heavy atom. The number of amides is 3. The number of hydrogen-bond donors (Lipinski definition) is 5. The summed E-state index contributed by atoms with van der Waals surface area (Å²) >= 11 is 0. The number of anilines is 2. The second-order valence-corrected chi connectivity index (χ2v) is 11.8. The molecule has 4 aliphatic rings. The minimum Gasteiger partial charge on any atom is -0.507 e. The number of phenols is 1. The number of Topliss-reactive ketones (excluding diaryl/α,β-unsaturated/α-hetero) is 4.